The largest absolute Gasteiger partial charge is 0.388 e. The number of rotatable bonds is 4. The number of aromatic nitrogens is 1. The van der Waals surface area contributed by atoms with Crippen LogP contribution in [0.5, 0.6) is 0 Å². The van der Waals surface area contributed by atoms with Gasteiger partial charge in [-0.3, -0.25) is 4.79 Å². The number of aryl methyl sites for hydroxylation is 1. The number of nitrogens with zero attached hydrogens (tertiary/aromatic N) is 1. The Morgan fingerprint density at radius 2 is 2.33 bits per heavy atom. The van der Waals surface area contributed by atoms with Crippen LogP contribution in [0.25, 0.3) is 6.08 Å². The van der Waals surface area contributed by atoms with E-state index >= 15 is 0 Å². The standard InChI is InChI=1S/C11H15NO2S/c1-7(11(14)5-8(2)13)4-10-6-15-9(3)12-10/h4,6,11,14H,5H2,1-3H3/b7-4+/t11-/m1/s1. The van der Waals surface area contributed by atoms with Crippen LogP contribution < -0.4 is 0 Å². The van der Waals surface area contributed by atoms with Crippen molar-refractivity contribution in [1.82, 2.24) is 4.98 Å². The molecule has 15 heavy (non-hydrogen) atoms. The number of ketones is 1. The van der Waals surface area contributed by atoms with Gasteiger partial charge >= 0.3 is 0 Å². The highest BCUT2D eigenvalue weighted by molar-refractivity contribution is 7.09. The number of thiazole rings is 1. The average molecular weight is 225 g/mol. The lowest BCUT2D eigenvalue weighted by molar-refractivity contribution is -0.118. The van der Waals surface area contributed by atoms with Crippen molar-refractivity contribution in [2.75, 3.05) is 0 Å². The highest BCUT2D eigenvalue weighted by Gasteiger charge is 2.09. The van der Waals surface area contributed by atoms with E-state index in [1.165, 1.54) is 6.92 Å². The summed E-state index contributed by atoms with van der Waals surface area (Å²) in [5.74, 6) is -0.00953. The van der Waals surface area contributed by atoms with E-state index in [9.17, 15) is 9.90 Å². The van der Waals surface area contributed by atoms with Crippen LogP contribution in [0.15, 0.2) is 11.0 Å². The van der Waals surface area contributed by atoms with Gasteiger partial charge in [0.05, 0.1) is 16.8 Å². The molecular formula is C11H15NO2S. The van der Waals surface area contributed by atoms with Gasteiger partial charge in [-0.2, -0.15) is 0 Å². The van der Waals surface area contributed by atoms with Gasteiger partial charge in [0.2, 0.25) is 0 Å². The molecular weight excluding hydrogens is 210 g/mol. The van der Waals surface area contributed by atoms with Crippen molar-refractivity contribution in [3.8, 4) is 0 Å². The zero-order chi connectivity index (χ0) is 11.4. The Hall–Kier alpha value is -1.00. The van der Waals surface area contributed by atoms with Crippen LogP contribution in [0.2, 0.25) is 0 Å². The Morgan fingerprint density at radius 3 is 2.80 bits per heavy atom. The topological polar surface area (TPSA) is 50.2 Å². The number of carbonyl (C=O) groups is 1. The molecule has 82 valence electrons. The second-order valence-corrected chi connectivity index (χ2v) is 4.66. The minimum absolute atomic E-state index is 0.00953. The van der Waals surface area contributed by atoms with Gasteiger partial charge in [-0.05, 0) is 32.4 Å². The number of aliphatic hydroxyl groups excluding tert-OH is 1. The van der Waals surface area contributed by atoms with Gasteiger partial charge in [0.1, 0.15) is 5.78 Å². The molecule has 0 radical (unpaired) electrons. The Labute approximate surface area is 93.5 Å². The van der Waals surface area contributed by atoms with Crippen molar-refractivity contribution in [2.24, 2.45) is 0 Å². The van der Waals surface area contributed by atoms with E-state index in [0.717, 1.165) is 16.3 Å². The Bertz CT molecular complexity index is 382. The molecule has 0 fully saturated rings. The van der Waals surface area contributed by atoms with Crippen LogP contribution in [-0.4, -0.2) is 22.0 Å². The minimum atomic E-state index is -0.690. The maximum Gasteiger partial charge on any atom is 0.132 e. The SMILES string of the molecule is CC(=O)C[C@@H](O)/C(C)=C/c1csc(C)n1. The number of carbonyl (C=O) groups excluding carboxylic acids is 1. The summed E-state index contributed by atoms with van der Waals surface area (Å²) in [6.45, 7) is 5.22. The summed E-state index contributed by atoms with van der Waals surface area (Å²) in [6, 6.07) is 0. The minimum Gasteiger partial charge on any atom is -0.388 e. The smallest absolute Gasteiger partial charge is 0.132 e. The molecule has 1 heterocycles. The summed E-state index contributed by atoms with van der Waals surface area (Å²) in [5.41, 5.74) is 1.62. The van der Waals surface area contributed by atoms with Crippen molar-refractivity contribution in [3.05, 3.63) is 21.7 Å². The lowest BCUT2D eigenvalue weighted by Gasteiger charge is -2.08. The fourth-order valence-corrected chi connectivity index (χ4v) is 1.78. The molecule has 1 aromatic rings. The zero-order valence-corrected chi connectivity index (χ0v) is 9.97. The third-order valence-corrected chi connectivity index (χ3v) is 2.81. The zero-order valence-electron chi connectivity index (χ0n) is 9.15. The van der Waals surface area contributed by atoms with Crippen LogP contribution >= 0.6 is 11.3 Å². The number of aliphatic hydroxyl groups is 1. The maximum absolute atomic E-state index is 10.8. The van der Waals surface area contributed by atoms with Gasteiger partial charge in [-0.1, -0.05) is 0 Å². The summed E-state index contributed by atoms with van der Waals surface area (Å²) in [6.07, 6.45) is 1.30. The molecule has 1 rings (SSSR count). The van der Waals surface area contributed by atoms with Gasteiger partial charge in [0.15, 0.2) is 0 Å². The fourth-order valence-electron chi connectivity index (χ4n) is 1.21. The van der Waals surface area contributed by atoms with Crippen LogP contribution in [-0.2, 0) is 4.79 Å². The van der Waals surface area contributed by atoms with Gasteiger partial charge in [0.25, 0.3) is 0 Å². The maximum atomic E-state index is 10.8. The molecule has 4 heteroatoms. The second kappa shape index (κ2) is 5.19. The quantitative estimate of drug-likeness (QED) is 0.854. The molecule has 0 aliphatic rings. The second-order valence-electron chi connectivity index (χ2n) is 3.60. The van der Waals surface area contributed by atoms with Gasteiger partial charge in [-0.25, -0.2) is 4.98 Å². The van der Waals surface area contributed by atoms with E-state index in [2.05, 4.69) is 4.98 Å². The highest BCUT2D eigenvalue weighted by atomic mass is 32.1. The first-order valence-electron chi connectivity index (χ1n) is 4.77. The molecule has 0 aromatic carbocycles. The van der Waals surface area contributed by atoms with Crippen molar-refractivity contribution in [1.29, 1.82) is 0 Å². The van der Waals surface area contributed by atoms with E-state index < -0.39 is 6.10 Å². The average Bonchev–Trinajstić information content (AvgIpc) is 2.50. The lowest BCUT2D eigenvalue weighted by Crippen LogP contribution is -2.12. The molecule has 0 spiro atoms. The van der Waals surface area contributed by atoms with Gasteiger partial charge < -0.3 is 5.11 Å². The fraction of sp³-hybridized carbons (Fsp3) is 0.455. The predicted octanol–water partition coefficient (Wildman–Crippen LogP) is 2.19. The lowest BCUT2D eigenvalue weighted by atomic mass is 10.1. The summed E-state index contributed by atoms with van der Waals surface area (Å²) in [7, 11) is 0. The molecule has 0 aliphatic carbocycles. The predicted molar refractivity (Wildman–Crippen MR) is 61.8 cm³/mol. The Kier molecular flexibility index (Phi) is 4.17. The van der Waals surface area contributed by atoms with E-state index in [4.69, 9.17) is 0 Å². The van der Waals surface area contributed by atoms with Crippen LogP contribution in [0.3, 0.4) is 0 Å². The van der Waals surface area contributed by atoms with Crippen molar-refractivity contribution < 1.29 is 9.90 Å². The first-order chi connectivity index (χ1) is 6.99. The molecule has 1 N–H and O–H groups in total. The molecule has 0 bridgehead atoms. The van der Waals surface area contributed by atoms with Crippen LogP contribution in [0.4, 0.5) is 0 Å². The number of Topliss-reactive ketones (excluding diaryl/α,β-unsaturated/α-hetero) is 1. The molecule has 0 saturated heterocycles. The summed E-state index contributed by atoms with van der Waals surface area (Å²) < 4.78 is 0. The summed E-state index contributed by atoms with van der Waals surface area (Å²) in [5, 5.41) is 12.6. The Balaban J connectivity index is 2.70. The van der Waals surface area contributed by atoms with E-state index in [-0.39, 0.29) is 12.2 Å². The highest BCUT2D eigenvalue weighted by Crippen LogP contribution is 2.14. The van der Waals surface area contributed by atoms with E-state index in [1.807, 2.05) is 25.3 Å². The number of hydrogen-bond donors (Lipinski definition) is 1. The molecule has 0 amide bonds. The number of hydrogen-bond acceptors (Lipinski definition) is 4. The molecule has 1 aromatic heterocycles. The van der Waals surface area contributed by atoms with Crippen LogP contribution in [0.1, 0.15) is 31.0 Å². The molecule has 0 unspecified atom stereocenters. The van der Waals surface area contributed by atoms with Crippen molar-refractivity contribution >= 4 is 23.2 Å². The van der Waals surface area contributed by atoms with Crippen molar-refractivity contribution in [3.63, 3.8) is 0 Å². The summed E-state index contributed by atoms with van der Waals surface area (Å²) in [4.78, 5) is 15.1. The summed E-state index contributed by atoms with van der Waals surface area (Å²) >= 11 is 1.57. The molecule has 0 aliphatic heterocycles. The normalized spacial score (nSPS) is 14.0. The van der Waals surface area contributed by atoms with Gasteiger partial charge in [-0.15, -0.1) is 11.3 Å². The molecule has 0 saturated carbocycles. The van der Waals surface area contributed by atoms with Gasteiger partial charge in [0, 0.05) is 11.8 Å². The molecule has 1 atom stereocenters. The van der Waals surface area contributed by atoms with E-state index in [0.29, 0.717) is 0 Å². The van der Waals surface area contributed by atoms with Crippen molar-refractivity contribution in [2.45, 2.75) is 33.3 Å². The monoisotopic (exact) mass is 225 g/mol. The van der Waals surface area contributed by atoms with E-state index in [1.54, 1.807) is 11.3 Å². The Morgan fingerprint density at radius 1 is 1.67 bits per heavy atom. The van der Waals surface area contributed by atoms with Crippen LogP contribution in [0, 0.1) is 6.92 Å². The first-order valence-corrected chi connectivity index (χ1v) is 5.65. The first kappa shape index (κ1) is 12.1. The third kappa shape index (κ3) is 3.93. The molecule has 3 nitrogen and oxygen atoms in total. The third-order valence-electron chi connectivity index (χ3n) is 2.02.